The first-order valence-electron chi connectivity index (χ1n) is 5.72. The molecule has 116 valence electrons. The van der Waals surface area contributed by atoms with E-state index in [9.17, 15) is 23.3 Å². The number of sulfonamides is 1. The predicted molar refractivity (Wildman–Crippen MR) is 71.4 cm³/mol. The Balaban J connectivity index is 3.19. The van der Waals surface area contributed by atoms with Gasteiger partial charge in [-0.1, -0.05) is 0 Å². The number of aliphatic hydroxyl groups excluding tert-OH is 1. The first kappa shape index (κ1) is 17.0. The fourth-order valence-electron chi connectivity index (χ4n) is 1.55. The zero-order valence-electron chi connectivity index (χ0n) is 11.2. The number of hydrogen-bond acceptors (Lipinski definition) is 6. The standard InChI is InChI=1S/C11H14N2O7S/c1-6-3-8(13(17)18)4-10(7(6)2)21(19,20)12-5-9(14)11(15)16/h3-4,9,12,14H,5H2,1-2H3,(H,15,16)/t9-/m0/s1. The average Bonchev–Trinajstić information content (AvgIpc) is 2.38. The minimum absolute atomic E-state index is 0.304. The Morgan fingerprint density at radius 1 is 1.43 bits per heavy atom. The Labute approximate surface area is 120 Å². The summed E-state index contributed by atoms with van der Waals surface area (Å²) in [5, 5.41) is 28.3. The van der Waals surface area contributed by atoms with Crippen molar-refractivity contribution in [1.29, 1.82) is 0 Å². The average molecular weight is 318 g/mol. The summed E-state index contributed by atoms with van der Waals surface area (Å²) in [6.45, 7) is 2.26. The van der Waals surface area contributed by atoms with E-state index >= 15 is 0 Å². The Morgan fingerprint density at radius 3 is 2.48 bits per heavy atom. The van der Waals surface area contributed by atoms with Crippen molar-refractivity contribution in [3.8, 4) is 0 Å². The van der Waals surface area contributed by atoms with Gasteiger partial charge in [-0.3, -0.25) is 10.1 Å². The summed E-state index contributed by atoms with van der Waals surface area (Å²) in [7, 11) is -4.18. The quantitative estimate of drug-likeness (QED) is 0.491. The predicted octanol–water partition coefficient (Wildman–Crippen LogP) is -0.0646. The van der Waals surface area contributed by atoms with Crippen molar-refractivity contribution >= 4 is 21.7 Å². The number of benzene rings is 1. The summed E-state index contributed by atoms with van der Waals surface area (Å²) >= 11 is 0. The number of aliphatic carboxylic acids is 1. The van der Waals surface area contributed by atoms with E-state index in [0.717, 1.165) is 6.07 Å². The monoisotopic (exact) mass is 318 g/mol. The fraction of sp³-hybridized carbons (Fsp3) is 0.364. The Morgan fingerprint density at radius 2 is 2.00 bits per heavy atom. The minimum atomic E-state index is -4.18. The molecule has 0 aliphatic carbocycles. The molecule has 21 heavy (non-hydrogen) atoms. The van der Waals surface area contributed by atoms with Crippen LogP contribution in [0.15, 0.2) is 17.0 Å². The van der Waals surface area contributed by atoms with Gasteiger partial charge in [0, 0.05) is 18.7 Å². The van der Waals surface area contributed by atoms with Crippen LogP contribution in [0.2, 0.25) is 0 Å². The molecular formula is C11H14N2O7S. The second-order valence-electron chi connectivity index (χ2n) is 4.35. The van der Waals surface area contributed by atoms with Crippen molar-refractivity contribution in [3.05, 3.63) is 33.4 Å². The van der Waals surface area contributed by atoms with Crippen molar-refractivity contribution in [1.82, 2.24) is 4.72 Å². The lowest BCUT2D eigenvalue weighted by molar-refractivity contribution is -0.385. The molecule has 0 aromatic heterocycles. The van der Waals surface area contributed by atoms with Gasteiger partial charge < -0.3 is 10.2 Å². The third kappa shape index (κ3) is 3.97. The van der Waals surface area contributed by atoms with Gasteiger partial charge in [0.25, 0.3) is 5.69 Å². The molecule has 0 amide bonds. The van der Waals surface area contributed by atoms with Gasteiger partial charge >= 0.3 is 5.97 Å². The van der Waals surface area contributed by atoms with Gasteiger partial charge in [-0.25, -0.2) is 17.9 Å². The molecule has 0 aliphatic heterocycles. The number of carbonyl (C=O) groups is 1. The van der Waals surface area contributed by atoms with Crippen LogP contribution in [0.25, 0.3) is 0 Å². The van der Waals surface area contributed by atoms with E-state index in [1.807, 2.05) is 4.72 Å². The van der Waals surface area contributed by atoms with Gasteiger partial charge in [0.2, 0.25) is 10.0 Å². The molecule has 1 rings (SSSR count). The van der Waals surface area contributed by atoms with Crippen LogP contribution in [0, 0.1) is 24.0 Å². The van der Waals surface area contributed by atoms with Gasteiger partial charge in [-0.2, -0.15) is 0 Å². The molecule has 0 fully saturated rings. The van der Waals surface area contributed by atoms with Gasteiger partial charge in [0.05, 0.1) is 9.82 Å². The second kappa shape index (κ2) is 6.16. The summed E-state index contributed by atoms with van der Waals surface area (Å²) in [5.74, 6) is -1.58. The number of nitrogens with one attached hydrogen (secondary N) is 1. The normalized spacial score (nSPS) is 12.9. The molecule has 0 bridgehead atoms. The number of hydrogen-bond donors (Lipinski definition) is 3. The molecular weight excluding hydrogens is 304 g/mol. The number of carboxylic acids is 1. The van der Waals surface area contributed by atoms with Gasteiger partial charge in [0.1, 0.15) is 0 Å². The first-order valence-corrected chi connectivity index (χ1v) is 7.20. The molecule has 1 aromatic carbocycles. The molecule has 0 aliphatic rings. The second-order valence-corrected chi connectivity index (χ2v) is 6.08. The van der Waals surface area contributed by atoms with Crippen molar-refractivity contribution in [2.75, 3.05) is 6.54 Å². The van der Waals surface area contributed by atoms with E-state index in [0.29, 0.717) is 11.1 Å². The van der Waals surface area contributed by atoms with E-state index in [1.165, 1.54) is 19.9 Å². The van der Waals surface area contributed by atoms with E-state index in [1.54, 1.807) is 0 Å². The Hall–Kier alpha value is -2.04. The highest BCUT2D eigenvalue weighted by Gasteiger charge is 2.24. The van der Waals surface area contributed by atoms with Gasteiger partial charge in [-0.15, -0.1) is 0 Å². The van der Waals surface area contributed by atoms with Crippen molar-refractivity contribution < 1.29 is 28.3 Å². The number of nitro groups is 1. The third-order valence-electron chi connectivity index (χ3n) is 2.86. The highest BCUT2D eigenvalue weighted by atomic mass is 32.2. The molecule has 0 heterocycles. The van der Waals surface area contributed by atoms with E-state index in [4.69, 9.17) is 10.2 Å². The van der Waals surface area contributed by atoms with Crippen LogP contribution in [0.3, 0.4) is 0 Å². The maximum atomic E-state index is 12.1. The minimum Gasteiger partial charge on any atom is -0.479 e. The molecule has 0 spiro atoms. The summed E-state index contributed by atoms with van der Waals surface area (Å²) in [6.07, 6.45) is -1.90. The maximum absolute atomic E-state index is 12.1. The molecule has 0 radical (unpaired) electrons. The Kier molecular flexibility index (Phi) is 4.99. The number of aliphatic hydroxyl groups is 1. The number of rotatable bonds is 6. The summed E-state index contributed by atoms with van der Waals surface area (Å²) in [6, 6.07) is 2.12. The fourth-order valence-corrected chi connectivity index (χ4v) is 2.92. The van der Waals surface area contributed by atoms with Crippen LogP contribution in [0.1, 0.15) is 11.1 Å². The van der Waals surface area contributed by atoms with Crippen LogP contribution >= 0.6 is 0 Å². The number of aryl methyl sites for hydroxylation is 1. The molecule has 3 N–H and O–H groups in total. The van der Waals surface area contributed by atoms with Crippen LogP contribution in [0.5, 0.6) is 0 Å². The zero-order valence-corrected chi connectivity index (χ0v) is 12.0. The van der Waals surface area contributed by atoms with E-state index < -0.39 is 39.3 Å². The maximum Gasteiger partial charge on any atom is 0.333 e. The van der Waals surface area contributed by atoms with E-state index in [-0.39, 0.29) is 4.90 Å². The lowest BCUT2D eigenvalue weighted by Crippen LogP contribution is -2.36. The molecule has 0 saturated carbocycles. The molecule has 0 saturated heterocycles. The van der Waals surface area contributed by atoms with Gasteiger partial charge in [-0.05, 0) is 25.0 Å². The molecule has 10 heteroatoms. The van der Waals surface area contributed by atoms with Crippen molar-refractivity contribution in [3.63, 3.8) is 0 Å². The zero-order chi connectivity index (χ0) is 16.4. The van der Waals surface area contributed by atoms with Crippen molar-refractivity contribution in [2.45, 2.75) is 24.8 Å². The van der Waals surface area contributed by atoms with Crippen LogP contribution in [0.4, 0.5) is 5.69 Å². The summed E-state index contributed by atoms with van der Waals surface area (Å²) in [5.41, 5.74) is 0.318. The number of non-ortho nitro benzene ring substituents is 1. The smallest absolute Gasteiger partial charge is 0.333 e. The lowest BCUT2D eigenvalue weighted by Gasteiger charge is -2.12. The molecule has 9 nitrogen and oxygen atoms in total. The summed E-state index contributed by atoms with van der Waals surface area (Å²) in [4.78, 5) is 20.2. The SMILES string of the molecule is Cc1cc([N+](=O)[O-])cc(S(=O)(=O)NC[C@H](O)C(=O)O)c1C. The summed E-state index contributed by atoms with van der Waals surface area (Å²) < 4.78 is 26.0. The van der Waals surface area contributed by atoms with Gasteiger partial charge in [0.15, 0.2) is 6.10 Å². The first-order chi connectivity index (χ1) is 9.56. The number of carboxylic acid groups (broad SMARTS) is 1. The van der Waals surface area contributed by atoms with Crippen LogP contribution in [-0.2, 0) is 14.8 Å². The number of nitrogens with zero attached hydrogens (tertiary/aromatic N) is 1. The van der Waals surface area contributed by atoms with Crippen LogP contribution in [-0.4, -0.2) is 42.2 Å². The Bertz CT molecular complexity index is 684. The van der Waals surface area contributed by atoms with Crippen molar-refractivity contribution in [2.24, 2.45) is 0 Å². The van der Waals surface area contributed by atoms with E-state index in [2.05, 4.69) is 0 Å². The number of nitro benzene ring substituents is 1. The lowest BCUT2D eigenvalue weighted by atomic mass is 10.1. The van der Waals surface area contributed by atoms with Crippen LogP contribution < -0.4 is 4.72 Å². The molecule has 0 unspecified atom stereocenters. The molecule has 1 atom stereocenters. The third-order valence-corrected chi connectivity index (χ3v) is 4.41. The highest BCUT2D eigenvalue weighted by Crippen LogP contribution is 2.25. The topological polar surface area (TPSA) is 147 Å². The highest BCUT2D eigenvalue weighted by molar-refractivity contribution is 7.89. The largest absolute Gasteiger partial charge is 0.479 e. The molecule has 1 aromatic rings.